The SMILES string of the molecule is C=C[C@H]1CC1c1cc(-c2cnc(OC)nc2OC)nnc1C. The van der Waals surface area contributed by atoms with Gasteiger partial charge in [0.15, 0.2) is 0 Å². The van der Waals surface area contributed by atoms with E-state index in [-0.39, 0.29) is 6.01 Å². The Labute approximate surface area is 129 Å². The van der Waals surface area contributed by atoms with E-state index in [0.717, 1.165) is 12.1 Å². The molecule has 1 aliphatic rings. The molecule has 22 heavy (non-hydrogen) atoms. The molecular formula is C16H18N4O2. The Bertz CT molecular complexity index is 717. The van der Waals surface area contributed by atoms with Crippen molar-refractivity contribution in [1.29, 1.82) is 0 Å². The molecule has 6 nitrogen and oxygen atoms in total. The molecule has 1 saturated carbocycles. The van der Waals surface area contributed by atoms with E-state index in [9.17, 15) is 0 Å². The largest absolute Gasteiger partial charge is 0.480 e. The minimum Gasteiger partial charge on any atom is -0.480 e. The normalized spacial score (nSPS) is 19.6. The first kappa shape index (κ1) is 14.4. The molecule has 0 spiro atoms. The van der Waals surface area contributed by atoms with Crippen molar-refractivity contribution in [2.75, 3.05) is 14.2 Å². The molecule has 0 aromatic carbocycles. The van der Waals surface area contributed by atoms with Crippen molar-refractivity contribution in [2.24, 2.45) is 5.92 Å². The van der Waals surface area contributed by atoms with E-state index < -0.39 is 0 Å². The van der Waals surface area contributed by atoms with E-state index >= 15 is 0 Å². The van der Waals surface area contributed by atoms with Crippen LogP contribution in [0.3, 0.4) is 0 Å². The van der Waals surface area contributed by atoms with Gasteiger partial charge in [0.1, 0.15) is 5.69 Å². The fourth-order valence-corrected chi connectivity index (χ4v) is 2.59. The lowest BCUT2D eigenvalue weighted by molar-refractivity contribution is 0.353. The Kier molecular flexibility index (Phi) is 3.75. The standard InChI is InChI=1S/C16H18N4O2/c1-5-10-6-12(10)11-7-14(20-19-9(11)2)13-8-17-16(22-4)18-15(13)21-3/h5,7-8,10,12H,1,6H2,2-4H3/t10-,12?/m0/s1. The third kappa shape index (κ3) is 2.52. The second-order valence-corrected chi connectivity index (χ2v) is 5.29. The number of nitrogens with zero attached hydrogens (tertiary/aromatic N) is 4. The highest BCUT2D eigenvalue weighted by molar-refractivity contribution is 5.64. The molecule has 2 aromatic rings. The fraction of sp³-hybridized carbons (Fsp3) is 0.375. The molecule has 3 rings (SSSR count). The summed E-state index contributed by atoms with van der Waals surface area (Å²) < 4.78 is 10.3. The van der Waals surface area contributed by atoms with Crippen molar-refractivity contribution in [3.63, 3.8) is 0 Å². The molecule has 0 bridgehead atoms. The van der Waals surface area contributed by atoms with E-state index in [1.165, 1.54) is 12.7 Å². The highest BCUT2D eigenvalue weighted by atomic mass is 16.5. The van der Waals surface area contributed by atoms with Gasteiger partial charge in [0.25, 0.3) is 0 Å². The Hall–Kier alpha value is -2.50. The molecule has 0 radical (unpaired) electrons. The van der Waals surface area contributed by atoms with Gasteiger partial charge in [-0.05, 0) is 36.8 Å². The third-order valence-corrected chi connectivity index (χ3v) is 3.94. The van der Waals surface area contributed by atoms with Gasteiger partial charge in [-0.3, -0.25) is 0 Å². The average molecular weight is 298 g/mol. The van der Waals surface area contributed by atoms with Crippen molar-refractivity contribution in [3.8, 4) is 23.1 Å². The molecule has 6 heteroatoms. The van der Waals surface area contributed by atoms with Gasteiger partial charge in [-0.15, -0.1) is 11.7 Å². The van der Waals surface area contributed by atoms with Gasteiger partial charge in [0.2, 0.25) is 5.88 Å². The summed E-state index contributed by atoms with van der Waals surface area (Å²) in [7, 11) is 3.07. The Balaban J connectivity index is 2.02. The lowest BCUT2D eigenvalue weighted by Gasteiger charge is -2.09. The predicted octanol–water partition coefficient (Wildman–Crippen LogP) is 2.55. The predicted molar refractivity (Wildman–Crippen MR) is 81.9 cm³/mol. The number of methoxy groups -OCH3 is 2. The summed E-state index contributed by atoms with van der Waals surface area (Å²) >= 11 is 0. The van der Waals surface area contributed by atoms with Crippen LogP contribution in [0, 0.1) is 12.8 Å². The van der Waals surface area contributed by atoms with Gasteiger partial charge in [-0.25, -0.2) is 4.98 Å². The van der Waals surface area contributed by atoms with Crippen LogP contribution in [0.1, 0.15) is 23.6 Å². The smallest absolute Gasteiger partial charge is 0.319 e. The molecule has 2 heterocycles. The number of rotatable bonds is 5. The summed E-state index contributed by atoms with van der Waals surface area (Å²) in [6.07, 6.45) is 4.76. The highest BCUT2D eigenvalue weighted by Crippen LogP contribution is 2.49. The van der Waals surface area contributed by atoms with Crippen LogP contribution < -0.4 is 9.47 Å². The van der Waals surface area contributed by atoms with Crippen LogP contribution in [0.5, 0.6) is 11.9 Å². The maximum atomic E-state index is 5.32. The molecule has 2 atom stereocenters. The summed E-state index contributed by atoms with van der Waals surface area (Å²) in [5, 5.41) is 8.53. The van der Waals surface area contributed by atoms with Gasteiger partial charge in [0.05, 0.1) is 25.5 Å². The highest BCUT2D eigenvalue weighted by Gasteiger charge is 2.37. The Morgan fingerprint density at radius 1 is 1.27 bits per heavy atom. The lowest BCUT2D eigenvalue weighted by atomic mass is 10.1. The van der Waals surface area contributed by atoms with Crippen molar-refractivity contribution in [1.82, 2.24) is 20.2 Å². The zero-order valence-corrected chi connectivity index (χ0v) is 12.9. The quantitative estimate of drug-likeness (QED) is 0.790. The van der Waals surface area contributed by atoms with Gasteiger partial charge >= 0.3 is 6.01 Å². The molecule has 1 aliphatic carbocycles. The monoisotopic (exact) mass is 298 g/mol. The first-order chi connectivity index (χ1) is 10.7. The minimum atomic E-state index is 0.259. The Morgan fingerprint density at radius 2 is 2.09 bits per heavy atom. The van der Waals surface area contributed by atoms with Crippen LogP contribution in [-0.4, -0.2) is 34.4 Å². The molecular weight excluding hydrogens is 280 g/mol. The van der Waals surface area contributed by atoms with E-state index in [2.05, 4.69) is 26.7 Å². The van der Waals surface area contributed by atoms with Crippen molar-refractivity contribution in [3.05, 3.63) is 36.2 Å². The Morgan fingerprint density at radius 3 is 2.73 bits per heavy atom. The van der Waals surface area contributed by atoms with Crippen LogP contribution in [0.25, 0.3) is 11.3 Å². The number of allylic oxidation sites excluding steroid dienone is 1. The zero-order valence-electron chi connectivity index (χ0n) is 12.9. The number of hydrogen-bond donors (Lipinski definition) is 0. The first-order valence-corrected chi connectivity index (χ1v) is 7.10. The van der Waals surface area contributed by atoms with Gasteiger partial charge in [-0.2, -0.15) is 10.1 Å². The third-order valence-electron chi connectivity index (χ3n) is 3.94. The molecule has 0 amide bonds. The van der Waals surface area contributed by atoms with Crippen LogP contribution in [0.4, 0.5) is 0 Å². The van der Waals surface area contributed by atoms with Crippen LogP contribution in [-0.2, 0) is 0 Å². The summed E-state index contributed by atoms with van der Waals surface area (Å²) in [6, 6.07) is 2.30. The topological polar surface area (TPSA) is 70.0 Å². The lowest BCUT2D eigenvalue weighted by Crippen LogP contribution is -2.01. The van der Waals surface area contributed by atoms with E-state index in [0.29, 0.717) is 29.0 Å². The summed E-state index contributed by atoms with van der Waals surface area (Å²) in [4.78, 5) is 8.32. The molecule has 0 N–H and O–H groups in total. The van der Waals surface area contributed by atoms with Gasteiger partial charge < -0.3 is 9.47 Å². The van der Waals surface area contributed by atoms with Crippen LogP contribution in [0.2, 0.25) is 0 Å². The number of ether oxygens (including phenoxy) is 2. The van der Waals surface area contributed by atoms with E-state index in [4.69, 9.17) is 9.47 Å². The molecule has 0 saturated heterocycles. The van der Waals surface area contributed by atoms with E-state index in [1.54, 1.807) is 13.3 Å². The molecule has 1 fully saturated rings. The number of hydrogen-bond acceptors (Lipinski definition) is 6. The average Bonchev–Trinajstić information content (AvgIpc) is 3.34. The number of aromatic nitrogens is 4. The number of aryl methyl sites for hydroxylation is 1. The van der Waals surface area contributed by atoms with E-state index in [1.807, 2.05) is 19.1 Å². The minimum absolute atomic E-state index is 0.259. The van der Waals surface area contributed by atoms with Crippen molar-refractivity contribution < 1.29 is 9.47 Å². The molecule has 2 aromatic heterocycles. The summed E-state index contributed by atoms with van der Waals surface area (Å²) in [6.45, 7) is 5.84. The fourth-order valence-electron chi connectivity index (χ4n) is 2.59. The van der Waals surface area contributed by atoms with Gasteiger partial charge in [0, 0.05) is 6.20 Å². The maximum absolute atomic E-state index is 5.32. The molecule has 1 unspecified atom stereocenters. The van der Waals surface area contributed by atoms with Crippen molar-refractivity contribution in [2.45, 2.75) is 19.3 Å². The van der Waals surface area contributed by atoms with Gasteiger partial charge in [-0.1, -0.05) is 6.08 Å². The first-order valence-electron chi connectivity index (χ1n) is 7.10. The van der Waals surface area contributed by atoms with Crippen molar-refractivity contribution >= 4 is 0 Å². The second kappa shape index (κ2) is 5.71. The molecule has 114 valence electrons. The summed E-state index contributed by atoms with van der Waals surface area (Å²) in [5.41, 5.74) is 3.56. The maximum Gasteiger partial charge on any atom is 0.319 e. The summed E-state index contributed by atoms with van der Waals surface area (Å²) in [5.74, 6) is 1.44. The second-order valence-electron chi connectivity index (χ2n) is 5.29. The van der Waals surface area contributed by atoms with Crippen LogP contribution in [0.15, 0.2) is 24.9 Å². The van der Waals surface area contributed by atoms with Crippen LogP contribution >= 0.6 is 0 Å². The zero-order chi connectivity index (χ0) is 15.7. The molecule has 0 aliphatic heterocycles.